The first kappa shape index (κ1) is 15.8. The average Bonchev–Trinajstić information content (AvgIpc) is 3.14. The Bertz CT molecular complexity index is 774. The summed E-state index contributed by atoms with van der Waals surface area (Å²) in [6.07, 6.45) is 1.59. The Labute approximate surface area is 145 Å². The summed E-state index contributed by atoms with van der Waals surface area (Å²) < 4.78 is 9.91. The van der Waals surface area contributed by atoms with Gasteiger partial charge in [-0.15, -0.1) is 0 Å². The summed E-state index contributed by atoms with van der Waals surface area (Å²) in [6, 6.07) is 9.52. The van der Waals surface area contributed by atoms with Gasteiger partial charge in [-0.05, 0) is 25.0 Å². The van der Waals surface area contributed by atoms with Gasteiger partial charge in [-0.3, -0.25) is 0 Å². The summed E-state index contributed by atoms with van der Waals surface area (Å²) in [7, 11) is 2.67. The van der Waals surface area contributed by atoms with Crippen LogP contribution in [0.3, 0.4) is 0 Å². The molecule has 0 spiro atoms. The SMILES string of the molecule is COC(=O)C1=C(C(=O)OC)[C@@H]2CC[C@H]1[C@H]1N=NN(c3ccccc3)[C@@H]12. The Morgan fingerprint density at radius 3 is 2.24 bits per heavy atom. The second kappa shape index (κ2) is 5.98. The minimum Gasteiger partial charge on any atom is -0.466 e. The number of para-hydroxylation sites is 1. The van der Waals surface area contributed by atoms with Crippen LogP contribution in [0.2, 0.25) is 0 Å². The standard InChI is InChI=1S/C18H19N3O4/c1-24-17(22)13-11-8-9-12(14(13)18(23)25-2)16-15(11)19-20-21(16)10-6-4-3-5-7-10/h3-7,11-12,15-16H,8-9H2,1-2H3/t11-,12+,15-,16-/m1/s1. The van der Waals surface area contributed by atoms with E-state index in [0.717, 1.165) is 18.5 Å². The van der Waals surface area contributed by atoms with Gasteiger partial charge in [-0.1, -0.05) is 23.4 Å². The second-order valence-corrected chi connectivity index (χ2v) is 6.47. The molecule has 0 N–H and O–H groups in total. The highest BCUT2D eigenvalue weighted by atomic mass is 16.5. The maximum atomic E-state index is 12.5. The number of benzene rings is 1. The van der Waals surface area contributed by atoms with Gasteiger partial charge in [-0.25, -0.2) is 14.6 Å². The van der Waals surface area contributed by atoms with Crippen molar-refractivity contribution in [3.8, 4) is 0 Å². The van der Waals surface area contributed by atoms with Crippen LogP contribution in [0, 0.1) is 11.8 Å². The quantitative estimate of drug-likeness (QED) is 0.788. The van der Waals surface area contributed by atoms with Gasteiger partial charge in [0.2, 0.25) is 0 Å². The van der Waals surface area contributed by atoms with E-state index in [1.807, 2.05) is 35.3 Å². The van der Waals surface area contributed by atoms with E-state index in [9.17, 15) is 9.59 Å². The molecule has 1 aliphatic heterocycles. The van der Waals surface area contributed by atoms with Gasteiger partial charge in [0.1, 0.15) is 6.04 Å². The predicted octanol–water partition coefficient (Wildman–Crippen LogP) is 2.29. The van der Waals surface area contributed by atoms with E-state index >= 15 is 0 Å². The summed E-state index contributed by atoms with van der Waals surface area (Å²) in [5.74, 6) is -1.27. The number of hydrogen-bond donors (Lipinski definition) is 0. The molecule has 1 aromatic rings. The van der Waals surface area contributed by atoms with E-state index in [1.54, 1.807) is 0 Å². The lowest BCUT2D eigenvalue weighted by molar-refractivity contribution is -0.141. The van der Waals surface area contributed by atoms with Crippen LogP contribution in [-0.4, -0.2) is 38.2 Å². The first-order valence-electron chi connectivity index (χ1n) is 8.33. The molecule has 1 saturated carbocycles. The lowest BCUT2D eigenvalue weighted by atomic mass is 9.61. The molecular weight excluding hydrogens is 322 g/mol. The highest BCUT2D eigenvalue weighted by Crippen LogP contribution is 2.52. The number of hydrogen-bond acceptors (Lipinski definition) is 7. The van der Waals surface area contributed by atoms with Gasteiger partial charge in [0.05, 0.1) is 37.1 Å². The van der Waals surface area contributed by atoms with Crippen LogP contribution in [0.25, 0.3) is 0 Å². The van der Waals surface area contributed by atoms with Crippen LogP contribution < -0.4 is 5.01 Å². The van der Waals surface area contributed by atoms with Gasteiger partial charge in [0.25, 0.3) is 0 Å². The highest BCUT2D eigenvalue weighted by molar-refractivity contribution is 6.02. The Morgan fingerprint density at radius 1 is 1.00 bits per heavy atom. The van der Waals surface area contributed by atoms with Crippen LogP contribution in [-0.2, 0) is 19.1 Å². The molecule has 1 fully saturated rings. The highest BCUT2D eigenvalue weighted by Gasteiger charge is 2.57. The number of ether oxygens (including phenoxy) is 2. The molecule has 0 radical (unpaired) electrons. The van der Waals surface area contributed by atoms with Crippen LogP contribution in [0.4, 0.5) is 5.69 Å². The van der Waals surface area contributed by atoms with Gasteiger partial charge in [-0.2, -0.15) is 5.11 Å². The Balaban J connectivity index is 1.80. The third-order valence-corrected chi connectivity index (χ3v) is 5.39. The van der Waals surface area contributed by atoms with Crippen LogP contribution in [0.15, 0.2) is 51.8 Å². The summed E-state index contributed by atoms with van der Waals surface area (Å²) in [5, 5.41) is 10.7. The molecule has 4 aliphatic rings. The van der Waals surface area contributed by atoms with Crippen molar-refractivity contribution < 1.29 is 19.1 Å². The minimum atomic E-state index is -0.470. The first-order chi connectivity index (χ1) is 12.2. The van der Waals surface area contributed by atoms with Gasteiger partial charge >= 0.3 is 11.9 Å². The second-order valence-electron chi connectivity index (χ2n) is 6.47. The fourth-order valence-electron chi connectivity index (χ4n) is 4.39. The number of nitrogens with zero attached hydrogens (tertiary/aromatic N) is 3. The monoisotopic (exact) mass is 341 g/mol. The smallest absolute Gasteiger partial charge is 0.334 e. The van der Waals surface area contributed by atoms with E-state index in [0.29, 0.717) is 11.1 Å². The van der Waals surface area contributed by atoms with Crippen molar-refractivity contribution in [2.75, 3.05) is 19.2 Å². The van der Waals surface area contributed by atoms with E-state index in [4.69, 9.17) is 9.47 Å². The van der Waals surface area contributed by atoms with Crippen molar-refractivity contribution in [3.63, 3.8) is 0 Å². The number of rotatable bonds is 3. The molecule has 0 aromatic heterocycles. The number of anilines is 1. The Kier molecular flexibility index (Phi) is 3.78. The molecule has 0 amide bonds. The zero-order valence-corrected chi connectivity index (χ0v) is 14.1. The number of carbonyl (C=O) groups excluding carboxylic acids is 2. The average molecular weight is 341 g/mol. The zero-order chi connectivity index (χ0) is 17.6. The normalized spacial score (nSPS) is 29.6. The summed E-state index contributed by atoms with van der Waals surface area (Å²) in [6.45, 7) is 0. The van der Waals surface area contributed by atoms with E-state index in [-0.39, 0.29) is 23.9 Å². The van der Waals surface area contributed by atoms with Crippen LogP contribution in [0.5, 0.6) is 0 Å². The molecule has 130 valence electrons. The number of fused-ring (bicyclic) bond motifs is 1. The predicted molar refractivity (Wildman–Crippen MR) is 88.6 cm³/mol. The van der Waals surface area contributed by atoms with Crippen LogP contribution >= 0.6 is 0 Å². The van der Waals surface area contributed by atoms with E-state index < -0.39 is 11.9 Å². The summed E-state index contributed by atoms with van der Waals surface area (Å²) in [4.78, 5) is 24.8. The maximum Gasteiger partial charge on any atom is 0.334 e. The molecule has 0 unspecified atom stereocenters. The minimum absolute atomic E-state index is 0.0799. The Morgan fingerprint density at radius 2 is 1.60 bits per heavy atom. The van der Waals surface area contributed by atoms with Crippen molar-refractivity contribution in [1.29, 1.82) is 0 Å². The van der Waals surface area contributed by atoms with Gasteiger partial charge in [0.15, 0.2) is 0 Å². The summed E-state index contributed by atoms with van der Waals surface area (Å²) >= 11 is 0. The lowest BCUT2D eigenvalue weighted by Crippen LogP contribution is -2.55. The molecule has 7 nitrogen and oxygen atoms in total. The molecule has 0 saturated heterocycles. The molecule has 3 aliphatic carbocycles. The molecule has 5 rings (SSSR count). The van der Waals surface area contributed by atoms with Crippen molar-refractivity contribution in [3.05, 3.63) is 41.5 Å². The van der Waals surface area contributed by atoms with Gasteiger partial charge in [0, 0.05) is 11.8 Å². The first-order valence-corrected chi connectivity index (χ1v) is 8.33. The maximum absolute atomic E-state index is 12.5. The third kappa shape index (κ3) is 2.26. The largest absolute Gasteiger partial charge is 0.466 e. The zero-order valence-electron chi connectivity index (χ0n) is 14.1. The molecule has 1 heterocycles. The lowest BCUT2D eigenvalue weighted by Gasteiger charge is -2.46. The number of carbonyl (C=O) groups is 2. The molecule has 25 heavy (non-hydrogen) atoms. The van der Waals surface area contributed by atoms with Crippen LogP contribution in [0.1, 0.15) is 12.8 Å². The Hall–Kier alpha value is -2.70. The van der Waals surface area contributed by atoms with Gasteiger partial charge < -0.3 is 9.47 Å². The number of methoxy groups -OCH3 is 2. The third-order valence-electron chi connectivity index (χ3n) is 5.39. The molecule has 7 heteroatoms. The summed E-state index contributed by atoms with van der Waals surface area (Å²) in [5.41, 5.74) is 1.77. The fraction of sp³-hybridized carbons (Fsp3) is 0.444. The van der Waals surface area contributed by atoms with Crippen molar-refractivity contribution in [1.82, 2.24) is 0 Å². The number of esters is 2. The van der Waals surface area contributed by atoms with E-state index in [1.165, 1.54) is 14.2 Å². The van der Waals surface area contributed by atoms with Crippen molar-refractivity contribution >= 4 is 17.6 Å². The van der Waals surface area contributed by atoms with Crippen molar-refractivity contribution in [2.24, 2.45) is 22.2 Å². The van der Waals surface area contributed by atoms with Crippen molar-refractivity contribution in [2.45, 2.75) is 24.9 Å². The molecular formula is C18H19N3O4. The molecule has 1 aromatic carbocycles. The fourth-order valence-corrected chi connectivity index (χ4v) is 4.39. The topological polar surface area (TPSA) is 80.6 Å². The molecule has 2 bridgehead atoms. The molecule has 4 atom stereocenters. The van der Waals surface area contributed by atoms with E-state index in [2.05, 4.69) is 10.3 Å².